The summed E-state index contributed by atoms with van der Waals surface area (Å²) in [6.45, 7) is 3.36. The van der Waals surface area contributed by atoms with Gasteiger partial charge in [-0.25, -0.2) is 9.18 Å². The number of halogens is 1. The van der Waals surface area contributed by atoms with Crippen molar-refractivity contribution in [3.05, 3.63) is 30.1 Å². The van der Waals surface area contributed by atoms with E-state index in [1.165, 1.54) is 36.2 Å². The molecule has 0 saturated carbocycles. The zero-order valence-electron chi connectivity index (χ0n) is 11.8. The summed E-state index contributed by atoms with van der Waals surface area (Å²) < 4.78 is 12.8. The number of carboxylic acids is 1. The Kier molecular flexibility index (Phi) is 5.07. The van der Waals surface area contributed by atoms with Crippen LogP contribution in [0.3, 0.4) is 0 Å². The molecule has 0 spiro atoms. The molecule has 1 atom stereocenters. The van der Waals surface area contributed by atoms with E-state index in [9.17, 15) is 14.0 Å². The van der Waals surface area contributed by atoms with Gasteiger partial charge in [-0.3, -0.25) is 9.69 Å². The van der Waals surface area contributed by atoms with Crippen molar-refractivity contribution in [3.8, 4) is 0 Å². The molecule has 5 nitrogen and oxygen atoms in total. The molecule has 1 aromatic rings. The molecular weight excluding hydrogens is 263 g/mol. The maximum Gasteiger partial charge on any atom is 0.321 e. The Morgan fingerprint density at radius 3 is 2.35 bits per heavy atom. The first-order valence-electron chi connectivity index (χ1n) is 6.30. The fraction of sp³-hybridized carbons (Fsp3) is 0.429. The fourth-order valence-electron chi connectivity index (χ4n) is 1.52. The minimum atomic E-state index is -1.00. The van der Waals surface area contributed by atoms with Crippen molar-refractivity contribution in [1.82, 2.24) is 5.32 Å². The summed E-state index contributed by atoms with van der Waals surface area (Å²) in [6, 6.07) is 5.03. The van der Waals surface area contributed by atoms with E-state index in [2.05, 4.69) is 5.32 Å². The van der Waals surface area contributed by atoms with Crippen molar-refractivity contribution in [2.24, 2.45) is 5.41 Å². The lowest BCUT2D eigenvalue weighted by Crippen LogP contribution is -2.45. The van der Waals surface area contributed by atoms with Crippen LogP contribution in [0.25, 0.3) is 0 Å². The van der Waals surface area contributed by atoms with Gasteiger partial charge in [0.2, 0.25) is 0 Å². The summed E-state index contributed by atoms with van der Waals surface area (Å²) in [5, 5.41) is 11.7. The van der Waals surface area contributed by atoms with Gasteiger partial charge in [0.15, 0.2) is 0 Å². The zero-order chi connectivity index (χ0) is 15.3. The van der Waals surface area contributed by atoms with Crippen LogP contribution in [-0.2, 0) is 4.79 Å². The van der Waals surface area contributed by atoms with Crippen LogP contribution in [0.15, 0.2) is 24.3 Å². The van der Waals surface area contributed by atoms with Crippen molar-refractivity contribution < 1.29 is 19.1 Å². The number of nitrogens with zero attached hydrogens (tertiary/aromatic N) is 1. The average molecular weight is 282 g/mol. The van der Waals surface area contributed by atoms with E-state index < -0.39 is 17.4 Å². The Labute approximate surface area is 117 Å². The molecule has 0 aromatic heterocycles. The second kappa shape index (κ2) is 6.36. The van der Waals surface area contributed by atoms with Crippen LogP contribution in [0, 0.1) is 11.2 Å². The monoisotopic (exact) mass is 282 g/mol. The second-order valence-electron chi connectivity index (χ2n) is 4.91. The van der Waals surface area contributed by atoms with E-state index in [1.807, 2.05) is 0 Å². The highest BCUT2D eigenvalue weighted by Gasteiger charge is 2.31. The highest BCUT2D eigenvalue weighted by molar-refractivity contribution is 5.91. The quantitative estimate of drug-likeness (QED) is 0.871. The van der Waals surface area contributed by atoms with Crippen LogP contribution in [0.4, 0.5) is 14.9 Å². The Balaban J connectivity index is 2.67. The number of carboxylic acid groups (broad SMARTS) is 1. The standard InChI is InChI=1S/C14H19FN2O3/c1-4-14(2,12(18)19)9-16-13(20)17(3)11-7-5-10(15)6-8-11/h5-8H,4,9H2,1-3H3,(H,16,20)(H,18,19)/t14-/m0/s1. The first kappa shape index (κ1) is 15.9. The second-order valence-corrected chi connectivity index (χ2v) is 4.91. The molecule has 6 heteroatoms. The number of nitrogens with one attached hydrogen (secondary N) is 1. The Morgan fingerprint density at radius 1 is 1.35 bits per heavy atom. The third-order valence-electron chi connectivity index (χ3n) is 3.44. The molecule has 1 rings (SSSR count). The van der Waals surface area contributed by atoms with E-state index >= 15 is 0 Å². The number of carbonyl (C=O) groups is 2. The van der Waals surface area contributed by atoms with Crippen molar-refractivity contribution in [2.75, 3.05) is 18.5 Å². The molecule has 0 radical (unpaired) electrons. The van der Waals surface area contributed by atoms with Crippen molar-refractivity contribution in [1.29, 1.82) is 0 Å². The van der Waals surface area contributed by atoms with Gasteiger partial charge >= 0.3 is 12.0 Å². The molecule has 0 aliphatic heterocycles. The van der Waals surface area contributed by atoms with Crippen molar-refractivity contribution in [3.63, 3.8) is 0 Å². The number of hydrogen-bond acceptors (Lipinski definition) is 2. The number of aliphatic carboxylic acids is 1. The molecule has 20 heavy (non-hydrogen) atoms. The van der Waals surface area contributed by atoms with Gasteiger partial charge in [-0.15, -0.1) is 0 Å². The molecule has 0 saturated heterocycles. The maximum absolute atomic E-state index is 12.8. The van der Waals surface area contributed by atoms with Crippen LogP contribution in [0.1, 0.15) is 20.3 Å². The van der Waals surface area contributed by atoms with Gasteiger partial charge in [-0.1, -0.05) is 6.92 Å². The smallest absolute Gasteiger partial charge is 0.321 e. The third kappa shape index (κ3) is 3.69. The minimum Gasteiger partial charge on any atom is -0.481 e. The van der Waals surface area contributed by atoms with Gasteiger partial charge in [-0.05, 0) is 37.6 Å². The van der Waals surface area contributed by atoms with Crippen LogP contribution in [0.5, 0.6) is 0 Å². The summed E-state index contributed by atoms with van der Waals surface area (Å²) in [5.74, 6) is -1.34. The van der Waals surface area contributed by atoms with Crippen LogP contribution in [-0.4, -0.2) is 30.7 Å². The first-order valence-corrected chi connectivity index (χ1v) is 6.30. The third-order valence-corrected chi connectivity index (χ3v) is 3.44. The molecule has 2 N–H and O–H groups in total. The highest BCUT2D eigenvalue weighted by Crippen LogP contribution is 2.20. The Morgan fingerprint density at radius 2 is 1.90 bits per heavy atom. The van der Waals surface area contributed by atoms with E-state index in [4.69, 9.17) is 5.11 Å². The minimum absolute atomic E-state index is 0.0310. The number of anilines is 1. The van der Waals surface area contributed by atoms with E-state index in [1.54, 1.807) is 13.8 Å². The number of amides is 2. The Bertz CT molecular complexity index is 490. The zero-order valence-corrected chi connectivity index (χ0v) is 11.8. The van der Waals surface area contributed by atoms with Gasteiger partial charge in [0, 0.05) is 19.3 Å². The summed E-state index contributed by atoms with van der Waals surface area (Å²) in [7, 11) is 1.53. The number of benzene rings is 1. The van der Waals surface area contributed by atoms with Crippen LogP contribution in [0.2, 0.25) is 0 Å². The molecule has 0 bridgehead atoms. The summed E-state index contributed by atoms with van der Waals surface area (Å²) >= 11 is 0. The average Bonchev–Trinajstić information content (AvgIpc) is 2.44. The predicted molar refractivity (Wildman–Crippen MR) is 74.2 cm³/mol. The normalized spacial score (nSPS) is 13.4. The number of rotatable bonds is 5. The predicted octanol–water partition coefficient (Wildman–Crippen LogP) is 2.47. The molecule has 2 amide bonds. The van der Waals surface area contributed by atoms with E-state index in [-0.39, 0.29) is 12.4 Å². The molecule has 0 unspecified atom stereocenters. The Hall–Kier alpha value is -2.11. The van der Waals surface area contributed by atoms with E-state index in [0.29, 0.717) is 12.1 Å². The highest BCUT2D eigenvalue weighted by atomic mass is 19.1. The molecule has 0 fully saturated rings. The van der Waals surface area contributed by atoms with Crippen molar-refractivity contribution in [2.45, 2.75) is 20.3 Å². The van der Waals surface area contributed by atoms with Crippen molar-refractivity contribution >= 4 is 17.7 Å². The molecule has 110 valence electrons. The lowest BCUT2D eigenvalue weighted by molar-refractivity contribution is -0.147. The topological polar surface area (TPSA) is 69.6 Å². The van der Waals surface area contributed by atoms with E-state index in [0.717, 1.165) is 0 Å². The van der Waals surface area contributed by atoms with Gasteiger partial charge in [-0.2, -0.15) is 0 Å². The largest absolute Gasteiger partial charge is 0.481 e. The lowest BCUT2D eigenvalue weighted by Gasteiger charge is -2.25. The lowest BCUT2D eigenvalue weighted by atomic mass is 9.88. The van der Waals surface area contributed by atoms with Gasteiger partial charge in [0.05, 0.1) is 5.41 Å². The summed E-state index contributed by atoms with van der Waals surface area (Å²) in [4.78, 5) is 24.4. The van der Waals surface area contributed by atoms with Gasteiger partial charge in [0.1, 0.15) is 5.82 Å². The maximum atomic E-state index is 12.8. The van der Waals surface area contributed by atoms with Crippen LogP contribution >= 0.6 is 0 Å². The summed E-state index contributed by atoms with van der Waals surface area (Å²) in [5.41, 5.74) is -0.475. The number of urea groups is 1. The van der Waals surface area contributed by atoms with Gasteiger partial charge < -0.3 is 10.4 Å². The number of hydrogen-bond donors (Lipinski definition) is 2. The first-order chi connectivity index (χ1) is 9.30. The molecule has 1 aromatic carbocycles. The fourth-order valence-corrected chi connectivity index (χ4v) is 1.52. The van der Waals surface area contributed by atoms with Gasteiger partial charge in [0.25, 0.3) is 0 Å². The molecule has 0 heterocycles. The molecular formula is C14H19FN2O3. The van der Waals surface area contributed by atoms with Crippen LogP contribution < -0.4 is 10.2 Å². The molecule has 0 aliphatic rings. The molecule has 0 aliphatic carbocycles. The number of carbonyl (C=O) groups excluding carboxylic acids is 1. The SMILES string of the molecule is CC[C@@](C)(CNC(=O)N(C)c1ccc(F)cc1)C(=O)O. The summed E-state index contributed by atoms with van der Waals surface area (Å²) in [6.07, 6.45) is 0.406.